The average molecular weight is 453 g/mol. The number of azo groups is 1. The molecule has 1 saturated heterocycles. The second-order valence-corrected chi connectivity index (χ2v) is 8.33. The van der Waals surface area contributed by atoms with Gasteiger partial charge in [-0.05, 0) is 25.1 Å². The number of aryl methyl sites for hydroxylation is 1. The third-order valence-corrected chi connectivity index (χ3v) is 6.04. The summed E-state index contributed by atoms with van der Waals surface area (Å²) in [6.07, 6.45) is 5.74. The fraction of sp³-hybridized carbons (Fsp3) is 0.240. The Morgan fingerprint density at radius 1 is 1.12 bits per heavy atom. The van der Waals surface area contributed by atoms with Crippen LogP contribution in [-0.4, -0.2) is 50.9 Å². The molecule has 0 radical (unpaired) electrons. The zero-order chi connectivity index (χ0) is 22.9. The number of nitrogens with one attached hydrogen (secondary N) is 1. The van der Waals surface area contributed by atoms with Gasteiger partial charge in [0.2, 0.25) is 0 Å². The maximum atomic E-state index is 5.55. The van der Waals surface area contributed by atoms with Crippen molar-refractivity contribution >= 4 is 28.1 Å². The average Bonchev–Trinajstić information content (AvgIpc) is 3.49. The number of aromatic amines is 1. The Balaban J connectivity index is 1.36. The van der Waals surface area contributed by atoms with Crippen LogP contribution in [0.4, 0.5) is 11.5 Å². The Kier molecular flexibility index (Phi) is 5.23. The fourth-order valence-electron chi connectivity index (χ4n) is 4.24. The minimum absolute atomic E-state index is 0.473. The molecular formula is C25H24N8O. The zero-order valence-corrected chi connectivity index (χ0v) is 18.8. The molecule has 9 heteroatoms. The summed E-state index contributed by atoms with van der Waals surface area (Å²) in [5.41, 5.74) is 6.70. The summed E-state index contributed by atoms with van der Waals surface area (Å²) in [6, 6.07) is 14.2. The highest BCUT2D eigenvalue weighted by Gasteiger charge is 2.19. The monoisotopic (exact) mass is 452 g/mol. The minimum Gasteiger partial charge on any atom is -0.378 e. The van der Waals surface area contributed by atoms with Gasteiger partial charge < -0.3 is 14.6 Å². The molecule has 0 spiro atoms. The van der Waals surface area contributed by atoms with Crippen molar-refractivity contribution in [3.8, 4) is 11.3 Å². The number of pyridine rings is 1. The molecule has 0 amide bonds. The molecule has 1 N–H and O–H groups in total. The van der Waals surface area contributed by atoms with Crippen LogP contribution in [0.1, 0.15) is 11.3 Å². The van der Waals surface area contributed by atoms with Crippen molar-refractivity contribution in [2.45, 2.75) is 13.5 Å². The number of aromatic nitrogens is 5. The quantitative estimate of drug-likeness (QED) is 0.390. The van der Waals surface area contributed by atoms with Gasteiger partial charge in [0.15, 0.2) is 11.5 Å². The number of imidazole rings is 1. The number of hydrogen-bond donors (Lipinski definition) is 1. The predicted octanol–water partition coefficient (Wildman–Crippen LogP) is 4.70. The number of H-pyrrole nitrogens is 1. The normalized spacial score (nSPS) is 14.6. The summed E-state index contributed by atoms with van der Waals surface area (Å²) in [6.45, 7) is 5.39. The second-order valence-electron chi connectivity index (χ2n) is 8.33. The summed E-state index contributed by atoms with van der Waals surface area (Å²) in [5, 5.41) is 14.8. The van der Waals surface area contributed by atoms with Crippen molar-refractivity contribution in [2.75, 3.05) is 31.2 Å². The molecule has 9 nitrogen and oxygen atoms in total. The summed E-state index contributed by atoms with van der Waals surface area (Å²) in [7, 11) is 0. The van der Waals surface area contributed by atoms with Crippen LogP contribution in [0.3, 0.4) is 0 Å². The molecule has 0 bridgehead atoms. The van der Waals surface area contributed by atoms with E-state index >= 15 is 0 Å². The maximum absolute atomic E-state index is 5.55. The largest absolute Gasteiger partial charge is 0.378 e. The van der Waals surface area contributed by atoms with Crippen molar-refractivity contribution in [2.24, 2.45) is 10.2 Å². The minimum atomic E-state index is 0.473. The van der Waals surface area contributed by atoms with Gasteiger partial charge in [0, 0.05) is 59.3 Å². The lowest BCUT2D eigenvalue weighted by Crippen LogP contribution is -2.36. The van der Waals surface area contributed by atoms with Gasteiger partial charge >= 0.3 is 0 Å². The maximum Gasteiger partial charge on any atom is 0.196 e. The molecule has 1 fully saturated rings. The summed E-state index contributed by atoms with van der Waals surface area (Å²) in [4.78, 5) is 14.8. The van der Waals surface area contributed by atoms with Crippen LogP contribution < -0.4 is 4.90 Å². The number of para-hydroxylation sites is 1. The molecule has 1 aliphatic rings. The number of rotatable bonds is 5. The van der Waals surface area contributed by atoms with Gasteiger partial charge in [-0.3, -0.25) is 4.98 Å². The van der Waals surface area contributed by atoms with Gasteiger partial charge in [0.25, 0.3) is 0 Å². The number of benzene rings is 1. The SMILES string of the molecule is Cc1ccc(-c2cn3nc(N=NCc4c[nH]c5ccccc45)cc(N4CCOCC4)c3n2)cn1. The Morgan fingerprint density at radius 3 is 2.85 bits per heavy atom. The van der Waals surface area contributed by atoms with Crippen molar-refractivity contribution in [3.63, 3.8) is 0 Å². The first kappa shape index (κ1) is 20.5. The number of nitrogens with zero attached hydrogens (tertiary/aromatic N) is 7. The van der Waals surface area contributed by atoms with E-state index in [0.29, 0.717) is 25.6 Å². The van der Waals surface area contributed by atoms with E-state index in [0.717, 1.165) is 57.8 Å². The first-order chi connectivity index (χ1) is 16.7. The number of hydrogen-bond acceptors (Lipinski definition) is 7. The smallest absolute Gasteiger partial charge is 0.196 e. The molecular weight excluding hydrogens is 428 g/mol. The van der Waals surface area contributed by atoms with E-state index in [1.165, 1.54) is 0 Å². The molecule has 5 heterocycles. The lowest BCUT2D eigenvalue weighted by molar-refractivity contribution is 0.123. The Hall–Kier alpha value is -4.11. The molecule has 0 unspecified atom stereocenters. The van der Waals surface area contributed by atoms with Crippen molar-refractivity contribution < 1.29 is 4.74 Å². The van der Waals surface area contributed by atoms with Gasteiger partial charge in [-0.15, -0.1) is 10.2 Å². The standard InChI is InChI=1S/C25H24N8O/c1-17-6-7-18(13-26-17)22-16-33-25(29-22)23(32-8-10-34-11-9-32)12-24(31-33)30-28-15-19-14-27-21-5-3-2-4-20(19)21/h2-7,12-14,16,27H,8-11,15H2,1H3. The Morgan fingerprint density at radius 2 is 2.00 bits per heavy atom. The lowest BCUT2D eigenvalue weighted by atomic mass is 10.2. The van der Waals surface area contributed by atoms with Crippen LogP contribution in [0, 0.1) is 6.92 Å². The van der Waals surface area contributed by atoms with Crippen molar-refractivity contribution in [1.82, 2.24) is 24.6 Å². The molecule has 6 rings (SSSR count). The summed E-state index contributed by atoms with van der Waals surface area (Å²) < 4.78 is 7.34. The number of ether oxygens (including phenoxy) is 1. The number of anilines is 1. The topological polar surface area (TPSA) is 96.1 Å². The zero-order valence-electron chi connectivity index (χ0n) is 18.8. The molecule has 0 aliphatic carbocycles. The van der Waals surface area contributed by atoms with Crippen LogP contribution in [-0.2, 0) is 11.3 Å². The first-order valence-electron chi connectivity index (χ1n) is 11.3. The van der Waals surface area contributed by atoms with Crippen molar-refractivity contribution in [3.05, 3.63) is 72.3 Å². The van der Waals surface area contributed by atoms with Gasteiger partial charge in [0.05, 0.1) is 37.3 Å². The highest BCUT2D eigenvalue weighted by Crippen LogP contribution is 2.29. The molecule has 1 aliphatic heterocycles. The highest BCUT2D eigenvalue weighted by molar-refractivity contribution is 5.83. The van der Waals surface area contributed by atoms with Crippen LogP contribution >= 0.6 is 0 Å². The third kappa shape index (κ3) is 3.90. The van der Waals surface area contributed by atoms with Gasteiger partial charge in [-0.2, -0.15) is 5.11 Å². The second kappa shape index (κ2) is 8.68. The Labute approximate surface area is 196 Å². The summed E-state index contributed by atoms with van der Waals surface area (Å²) >= 11 is 0. The molecule has 170 valence electrons. The fourth-order valence-corrected chi connectivity index (χ4v) is 4.24. The predicted molar refractivity (Wildman–Crippen MR) is 131 cm³/mol. The van der Waals surface area contributed by atoms with Gasteiger partial charge in [-0.1, -0.05) is 18.2 Å². The molecule has 1 aromatic carbocycles. The number of fused-ring (bicyclic) bond motifs is 2. The van der Waals surface area contributed by atoms with Crippen LogP contribution in [0.2, 0.25) is 0 Å². The molecule has 0 atom stereocenters. The Bertz CT molecular complexity index is 1480. The molecule has 0 saturated carbocycles. The van der Waals surface area contributed by atoms with E-state index in [1.54, 1.807) is 4.52 Å². The number of morpholine rings is 1. The van der Waals surface area contributed by atoms with Crippen LogP contribution in [0.15, 0.2) is 71.3 Å². The highest BCUT2D eigenvalue weighted by atomic mass is 16.5. The van der Waals surface area contributed by atoms with Gasteiger partial charge in [-0.25, -0.2) is 9.50 Å². The molecule has 34 heavy (non-hydrogen) atoms. The lowest BCUT2D eigenvalue weighted by Gasteiger charge is -2.28. The first-order valence-corrected chi connectivity index (χ1v) is 11.3. The van der Waals surface area contributed by atoms with Crippen molar-refractivity contribution in [1.29, 1.82) is 0 Å². The van der Waals surface area contributed by atoms with E-state index < -0.39 is 0 Å². The summed E-state index contributed by atoms with van der Waals surface area (Å²) in [5.74, 6) is 0.541. The third-order valence-electron chi connectivity index (χ3n) is 6.04. The van der Waals surface area contributed by atoms with E-state index in [2.05, 4.69) is 42.3 Å². The van der Waals surface area contributed by atoms with E-state index in [-0.39, 0.29) is 0 Å². The van der Waals surface area contributed by atoms with E-state index in [4.69, 9.17) is 9.72 Å². The molecule has 4 aromatic heterocycles. The van der Waals surface area contributed by atoms with Gasteiger partial charge in [0.1, 0.15) is 0 Å². The van der Waals surface area contributed by atoms with E-state index in [9.17, 15) is 0 Å². The van der Waals surface area contributed by atoms with E-state index in [1.807, 2.05) is 55.8 Å². The van der Waals surface area contributed by atoms with Crippen LogP contribution in [0.5, 0.6) is 0 Å². The van der Waals surface area contributed by atoms with Crippen LogP contribution in [0.25, 0.3) is 27.8 Å². The molecule has 5 aromatic rings.